The molecule has 0 radical (unpaired) electrons. The largest absolute Gasteiger partial charge is 0.481 e. The first-order chi connectivity index (χ1) is 28.2. The molecule has 332 valence electrons. The van der Waals surface area contributed by atoms with Crippen molar-refractivity contribution in [2.75, 3.05) is 79.0 Å². The maximum atomic E-state index is 12.3. The number of aliphatic carboxylic acids is 2. The lowest BCUT2D eigenvalue weighted by molar-refractivity contribution is -0.141. The topological polar surface area (TPSA) is 244 Å². The summed E-state index contributed by atoms with van der Waals surface area (Å²) < 4.78 is 20.9. The molecule has 4 N–H and O–H groups in total. The normalized spacial score (nSPS) is 24.4. The van der Waals surface area contributed by atoms with Crippen LogP contribution in [0.1, 0.15) is 85.0 Å². The zero-order valence-corrected chi connectivity index (χ0v) is 34.8. The van der Waals surface area contributed by atoms with Crippen molar-refractivity contribution < 1.29 is 67.5 Å². The van der Waals surface area contributed by atoms with Gasteiger partial charge >= 0.3 is 11.9 Å². The maximum Gasteiger partial charge on any atom is 0.305 e. The van der Waals surface area contributed by atoms with Crippen LogP contribution in [0.3, 0.4) is 0 Å². The Labute approximate surface area is 346 Å². The summed E-state index contributed by atoms with van der Waals surface area (Å²) in [6, 6.07) is 0. The van der Waals surface area contributed by atoms with Crippen LogP contribution in [0.5, 0.6) is 0 Å². The minimum atomic E-state index is -0.896. The summed E-state index contributed by atoms with van der Waals surface area (Å²) in [5.41, 5.74) is 0.483. The van der Waals surface area contributed by atoms with Gasteiger partial charge in [0.25, 0.3) is 11.8 Å². The molecular weight excluding hydrogens is 772 g/mol. The first-order valence-electron chi connectivity index (χ1n) is 20.9. The van der Waals surface area contributed by atoms with E-state index in [0.717, 1.165) is 51.4 Å². The van der Waals surface area contributed by atoms with Crippen molar-refractivity contribution in [2.24, 2.45) is 35.5 Å². The van der Waals surface area contributed by atoms with Crippen LogP contribution in [-0.4, -0.2) is 146 Å². The van der Waals surface area contributed by atoms with Gasteiger partial charge in [-0.25, -0.2) is 0 Å². The predicted octanol–water partition coefficient (Wildman–Crippen LogP) is 1.79. The Morgan fingerprint density at radius 1 is 0.593 bits per heavy atom. The van der Waals surface area contributed by atoms with Crippen LogP contribution in [0.15, 0.2) is 11.6 Å². The number of likely N-dealkylation sites (tertiary alicyclic amines) is 1. The Morgan fingerprint density at radius 3 is 1.32 bits per heavy atom. The first kappa shape index (κ1) is 49.1. The molecule has 2 heterocycles. The molecule has 4 rings (SSSR count). The van der Waals surface area contributed by atoms with E-state index in [4.69, 9.17) is 29.2 Å². The predicted molar refractivity (Wildman–Crippen MR) is 210 cm³/mol. The molecule has 3 fully saturated rings. The van der Waals surface area contributed by atoms with Crippen molar-refractivity contribution >= 4 is 47.4 Å². The monoisotopic (exact) mass is 836 g/mol. The molecule has 0 aromatic rings. The van der Waals surface area contributed by atoms with Crippen molar-refractivity contribution in [3.63, 3.8) is 0 Å². The second-order valence-electron chi connectivity index (χ2n) is 15.7. The fraction of sp³-hybridized carbons (Fsp3) is 0.756. The second kappa shape index (κ2) is 26.1. The van der Waals surface area contributed by atoms with Gasteiger partial charge in [0.05, 0.1) is 65.7 Å². The highest BCUT2D eigenvalue weighted by atomic mass is 16.5. The summed E-state index contributed by atoms with van der Waals surface area (Å²) in [5, 5.41) is 22.7. The van der Waals surface area contributed by atoms with Gasteiger partial charge in [0.15, 0.2) is 0 Å². The summed E-state index contributed by atoms with van der Waals surface area (Å²) in [6.45, 7) is 9.42. The summed E-state index contributed by atoms with van der Waals surface area (Å²) in [6.07, 6.45) is 7.65. The van der Waals surface area contributed by atoms with Gasteiger partial charge in [-0.05, 0) is 70.1 Å². The zero-order chi connectivity index (χ0) is 43.3. The molecule has 2 unspecified atom stereocenters. The van der Waals surface area contributed by atoms with Crippen LogP contribution in [0, 0.1) is 35.5 Å². The van der Waals surface area contributed by atoms with E-state index in [1.807, 2.05) is 13.8 Å². The van der Waals surface area contributed by atoms with E-state index in [2.05, 4.69) is 10.6 Å². The SMILES string of the molecule is CC1=CC(=O)N(CC2CCC(C(=O)NCCOCCOCCC(=O)O)CC2)C1=O.CC1C(=O)N(CC2CCC(C(=O)NCCOCCOCCC(=O)O)CC2)C(=O)C1C. The standard InChI is InChI=1S/C21H34N2O7.C20H30N2O7/c1-14-15(2)21(28)23(20(14)27)13-16-3-5-17(6-4-16)19(26)22-8-10-30-12-11-29-9-7-18(24)25;1-14-12-17(23)22(20(14)27)13-15-2-4-16(5-3-15)19(26)21-7-9-29-11-10-28-8-6-18(24)25/h14-17H,3-13H2,1-2H3,(H,22,26)(H,24,25);12,15-16H,2-11,13H2,1H3,(H,21,26)(H,24,25). The molecule has 0 aromatic carbocycles. The molecule has 0 aromatic heterocycles. The highest BCUT2D eigenvalue weighted by molar-refractivity contribution is 6.15. The second-order valence-corrected chi connectivity index (χ2v) is 15.7. The van der Waals surface area contributed by atoms with Gasteiger partial charge in [-0.3, -0.25) is 48.2 Å². The van der Waals surface area contributed by atoms with Gasteiger partial charge < -0.3 is 39.8 Å². The number of amides is 6. The number of nitrogens with one attached hydrogen (secondary N) is 2. The highest BCUT2D eigenvalue weighted by Crippen LogP contribution is 2.33. The van der Waals surface area contributed by atoms with Gasteiger partial charge in [0.2, 0.25) is 23.6 Å². The number of ether oxygens (including phenoxy) is 4. The molecule has 0 spiro atoms. The van der Waals surface area contributed by atoms with Crippen LogP contribution >= 0.6 is 0 Å². The van der Waals surface area contributed by atoms with Crippen LogP contribution in [0.2, 0.25) is 0 Å². The number of hydrogen-bond donors (Lipinski definition) is 4. The van der Waals surface area contributed by atoms with E-state index in [0.29, 0.717) is 71.4 Å². The van der Waals surface area contributed by atoms with E-state index < -0.39 is 11.9 Å². The van der Waals surface area contributed by atoms with Crippen LogP contribution in [0.25, 0.3) is 0 Å². The minimum Gasteiger partial charge on any atom is -0.481 e. The molecule has 18 nitrogen and oxygen atoms in total. The van der Waals surface area contributed by atoms with Gasteiger partial charge in [0, 0.05) is 61.5 Å². The maximum absolute atomic E-state index is 12.3. The number of nitrogens with zero attached hydrogens (tertiary/aromatic N) is 2. The van der Waals surface area contributed by atoms with Crippen molar-refractivity contribution in [1.82, 2.24) is 20.4 Å². The molecule has 4 aliphatic rings. The molecule has 1 saturated heterocycles. The summed E-state index contributed by atoms with van der Waals surface area (Å²) in [7, 11) is 0. The van der Waals surface area contributed by atoms with Crippen molar-refractivity contribution in [2.45, 2.75) is 85.0 Å². The van der Waals surface area contributed by atoms with Crippen LogP contribution < -0.4 is 10.6 Å². The van der Waals surface area contributed by atoms with E-state index in [-0.39, 0.29) is 97.0 Å². The number of carboxylic acids is 2. The molecule has 18 heteroatoms. The van der Waals surface area contributed by atoms with Crippen LogP contribution in [-0.2, 0) is 57.3 Å². The molecule has 6 amide bonds. The van der Waals surface area contributed by atoms with Crippen LogP contribution in [0.4, 0.5) is 0 Å². The Morgan fingerprint density at radius 2 is 0.966 bits per heavy atom. The summed E-state index contributed by atoms with van der Waals surface area (Å²) in [4.78, 5) is 96.2. The Balaban J connectivity index is 0.000000316. The number of hydrogen-bond acceptors (Lipinski definition) is 12. The number of imide groups is 2. The van der Waals surface area contributed by atoms with E-state index in [9.17, 15) is 38.4 Å². The average molecular weight is 837 g/mol. The van der Waals surface area contributed by atoms with Gasteiger partial charge in [-0.2, -0.15) is 0 Å². The third-order valence-corrected chi connectivity index (χ3v) is 11.3. The molecule has 0 bridgehead atoms. The van der Waals surface area contributed by atoms with Gasteiger partial charge in [0.1, 0.15) is 0 Å². The third kappa shape index (κ3) is 17.1. The Kier molecular flexibility index (Phi) is 21.7. The summed E-state index contributed by atoms with van der Waals surface area (Å²) in [5.74, 6) is -2.39. The number of carboxylic acid groups (broad SMARTS) is 2. The first-order valence-corrected chi connectivity index (χ1v) is 20.9. The van der Waals surface area contributed by atoms with Crippen molar-refractivity contribution in [1.29, 1.82) is 0 Å². The number of carbonyl (C=O) groups excluding carboxylic acids is 6. The van der Waals surface area contributed by atoms with E-state index >= 15 is 0 Å². The lowest BCUT2D eigenvalue weighted by atomic mass is 9.81. The lowest BCUT2D eigenvalue weighted by Crippen LogP contribution is -2.39. The number of rotatable bonds is 24. The molecule has 2 atom stereocenters. The molecule has 2 aliphatic carbocycles. The fourth-order valence-electron chi connectivity index (χ4n) is 7.49. The highest BCUT2D eigenvalue weighted by Gasteiger charge is 2.43. The Bertz CT molecular complexity index is 1450. The minimum absolute atomic E-state index is 0.00981. The third-order valence-electron chi connectivity index (χ3n) is 11.3. The van der Waals surface area contributed by atoms with Crippen molar-refractivity contribution in [3.8, 4) is 0 Å². The van der Waals surface area contributed by atoms with E-state index in [1.54, 1.807) is 6.92 Å². The van der Waals surface area contributed by atoms with E-state index in [1.165, 1.54) is 15.9 Å². The van der Waals surface area contributed by atoms with Crippen molar-refractivity contribution in [3.05, 3.63) is 11.6 Å². The summed E-state index contributed by atoms with van der Waals surface area (Å²) >= 11 is 0. The molecule has 2 saturated carbocycles. The van der Waals surface area contributed by atoms with Gasteiger partial charge in [-0.1, -0.05) is 13.8 Å². The average Bonchev–Trinajstić information content (AvgIpc) is 3.55. The quantitative estimate of drug-likeness (QED) is 0.0801. The molecule has 59 heavy (non-hydrogen) atoms. The smallest absolute Gasteiger partial charge is 0.305 e. The molecular formula is C41H64N4O14. The van der Waals surface area contributed by atoms with Gasteiger partial charge in [-0.15, -0.1) is 0 Å². The number of carbonyl (C=O) groups is 8. The Hall–Kier alpha value is -4.26. The molecule has 2 aliphatic heterocycles. The fourth-order valence-corrected chi connectivity index (χ4v) is 7.49. The zero-order valence-electron chi connectivity index (χ0n) is 34.8. The lowest BCUT2D eigenvalue weighted by Gasteiger charge is -2.30.